The summed E-state index contributed by atoms with van der Waals surface area (Å²) in [6.07, 6.45) is 3.05. The Morgan fingerprint density at radius 2 is 1.68 bits per heavy atom. The van der Waals surface area contributed by atoms with E-state index in [1.165, 1.54) is 5.69 Å². The summed E-state index contributed by atoms with van der Waals surface area (Å²) in [7, 11) is 1.66. The molecule has 0 radical (unpaired) electrons. The Morgan fingerprint density at radius 1 is 0.903 bits per heavy atom. The van der Waals surface area contributed by atoms with Crippen molar-refractivity contribution in [2.75, 3.05) is 49.7 Å². The van der Waals surface area contributed by atoms with Crippen LogP contribution in [0.4, 0.5) is 11.4 Å². The Morgan fingerprint density at radius 3 is 2.39 bits per heavy atom. The molecule has 0 amide bonds. The molecule has 1 aliphatic rings. The Labute approximate surface area is 184 Å². The molecule has 6 heteroatoms. The van der Waals surface area contributed by atoms with Crippen LogP contribution in [0.2, 0.25) is 0 Å². The van der Waals surface area contributed by atoms with Gasteiger partial charge in [-0.3, -0.25) is 4.98 Å². The van der Waals surface area contributed by atoms with Crippen molar-refractivity contribution in [3.63, 3.8) is 0 Å². The van der Waals surface area contributed by atoms with Crippen molar-refractivity contribution in [1.82, 2.24) is 9.97 Å². The predicted molar refractivity (Wildman–Crippen MR) is 125 cm³/mol. The molecule has 31 heavy (non-hydrogen) atoms. The number of ether oxygens (including phenoxy) is 2. The van der Waals surface area contributed by atoms with Crippen LogP contribution in [0.1, 0.15) is 19.0 Å². The SMILES string of the molecule is CCOc1ccc(-c2nc(OC)ccc2N2CCCN(c3ccc(C)nc3)CC2)cc1. The summed E-state index contributed by atoms with van der Waals surface area (Å²) in [5.41, 5.74) is 5.36. The van der Waals surface area contributed by atoms with Gasteiger partial charge in [-0.05, 0) is 62.7 Å². The van der Waals surface area contributed by atoms with Crippen LogP contribution in [-0.2, 0) is 0 Å². The number of hydrogen-bond acceptors (Lipinski definition) is 6. The molecule has 1 fully saturated rings. The molecule has 0 spiro atoms. The van der Waals surface area contributed by atoms with Gasteiger partial charge in [-0.1, -0.05) is 0 Å². The van der Waals surface area contributed by atoms with Crippen molar-refractivity contribution in [1.29, 1.82) is 0 Å². The van der Waals surface area contributed by atoms with Gasteiger partial charge in [-0.25, -0.2) is 4.98 Å². The molecule has 3 heterocycles. The van der Waals surface area contributed by atoms with E-state index in [4.69, 9.17) is 14.5 Å². The molecule has 0 aliphatic carbocycles. The van der Waals surface area contributed by atoms with E-state index >= 15 is 0 Å². The summed E-state index contributed by atoms with van der Waals surface area (Å²) in [5.74, 6) is 1.49. The van der Waals surface area contributed by atoms with Gasteiger partial charge in [0.05, 0.1) is 37.0 Å². The highest BCUT2D eigenvalue weighted by atomic mass is 16.5. The average Bonchev–Trinajstić information content (AvgIpc) is 3.06. The number of pyridine rings is 2. The molecule has 162 valence electrons. The lowest BCUT2D eigenvalue weighted by Crippen LogP contribution is -2.31. The topological polar surface area (TPSA) is 50.7 Å². The van der Waals surface area contributed by atoms with Gasteiger partial charge in [0.2, 0.25) is 5.88 Å². The fourth-order valence-electron chi connectivity index (χ4n) is 3.95. The zero-order valence-electron chi connectivity index (χ0n) is 18.5. The lowest BCUT2D eigenvalue weighted by Gasteiger charge is -2.26. The van der Waals surface area contributed by atoms with Crippen molar-refractivity contribution in [3.8, 4) is 22.9 Å². The van der Waals surface area contributed by atoms with Crippen LogP contribution in [0.5, 0.6) is 11.6 Å². The summed E-state index contributed by atoms with van der Waals surface area (Å²) >= 11 is 0. The van der Waals surface area contributed by atoms with E-state index < -0.39 is 0 Å². The van der Waals surface area contributed by atoms with Gasteiger partial charge in [0.15, 0.2) is 0 Å². The summed E-state index contributed by atoms with van der Waals surface area (Å²) in [4.78, 5) is 14.1. The fraction of sp³-hybridized carbons (Fsp3) is 0.360. The molecule has 1 aromatic carbocycles. The number of rotatable bonds is 6. The predicted octanol–water partition coefficient (Wildman–Crippen LogP) is 4.58. The lowest BCUT2D eigenvalue weighted by molar-refractivity contribution is 0.340. The highest BCUT2D eigenvalue weighted by Gasteiger charge is 2.20. The first-order chi connectivity index (χ1) is 15.2. The molecule has 1 saturated heterocycles. The molecular weight excluding hydrogens is 388 g/mol. The van der Waals surface area contributed by atoms with Crippen LogP contribution in [-0.4, -0.2) is 49.9 Å². The monoisotopic (exact) mass is 418 g/mol. The first kappa shape index (κ1) is 21.0. The molecular formula is C25H30N4O2. The van der Waals surface area contributed by atoms with E-state index in [0.29, 0.717) is 12.5 Å². The molecule has 0 bridgehead atoms. The third-order valence-electron chi connectivity index (χ3n) is 5.59. The first-order valence-electron chi connectivity index (χ1n) is 10.9. The second kappa shape index (κ2) is 9.69. The van der Waals surface area contributed by atoms with Gasteiger partial charge >= 0.3 is 0 Å². The Kier molecular flexibility index (Phi) is 6.55. The third kappa shape index (κ3) is 4.90. The molecule has 1 aliphatic heterocycles. The van der Waals surface area contributed by atoms with E-state index in [-0.39, 0.29) is 0 Å². The van der Waals surface area contributed by atoms with Crippen molar-refractivity contribution in [3.05, 3.63) is 60.4 Å². The van der Waals surface area contributed by atoms with Gasteiger partial charge in [-0.15, -0.1) is 0 Å². The quantitative estimate of drug-likeness (QED) is 0.584. The molecule has 0 N–H and O–H groups in total. The van der Waals surface area contributed by atoms with E-state index in [1.54, 1.807) is 7.11 Å². The van der Waals surface area contributed by atoms with Gasteiger partial charge in [0, 0.05) is 43.5 Å². The van der Waals surface area contributed by atoms with Crippen LogP contribution in [0, 0.1) is 6.92 Å². The minimum absolute atomic E-state index is 0.620. The first-order valence-corrected chi connectivity index (χ1v) is 10.9. The lowest BCUT2D eigenvalue weighted by atomic mass is 10.1. The van der Waals surface area contributed by atoms with Crippen LogP contribution in [0.3, 0.4) is 0 Å². The Bertz CT molecular complexity index is 989. The Balaban J connectivity index is 1.59. The van der Waals surface area contributed by atoms with Crippen molar-refractivity contribution in [2.45, 2.75) is 20.3 Å². The second-order valence-electron chi connectivity index (χ2n) is 7.66. The second-order valence-corrected chi connectivity index (χ2v) is 7.66. The highest BCUT2D eigenvalue weighted by molar-refractivity contribution is 5.76. The molecule has 0 unspecified atom stereocenters. The molecule has 2 aromatic heterocycles. The van der Waals surface area contributed by atoms with Crippen molar-refractivity contribution < 1.29 is 9.47 Å². The minimum Gasteiger partial charge on any atom is -0.494 e. The summed E-state index contributed by atoms with van der Waals surface area (Å²) < 4.78 is 11.0. The van der Waals surface area contributed by atoms with E-state index in [0.717, 1.165) is 61.0 Å². The molecule has 4 rings (SSSR count). The maximum atomic E-state index is 5.60. The third-order valence-corrected chi connectivity index (χ3v) is 5.59. The smallest absolute Gasteiger partial charge is 0.213 e. The van der Waals surface area contributed by atoms with E-state index in [9.17, 15) is 0 Å². The number of benzene rings is 1. The Hall–Kier alpha value is -3.28. The number of methoxy groups -OCH3 is 1. The van der Waals surface area contributed by atoms with Gasteiger partial charge in [0.25, 0.3) is 0 Å². The van der Waals surface area contributed by atoms with Gasteiger partial charge < -0.3 is 19.3 Å². The zero-order chi connectivity index (χ0) is 21.6. The van der Waals surface area contributed by atoms with E-state index in [1.807, 2.05) is 38.2 Å². The van der Waals surface area contributed by atoms with E-state index in [2.05, 4.69) is 45.1 Å². The van der Waals surface area contributed by atoms with Crippen LogP contribution >= 0.6 is 0 Å². The molecule has 0 saturated carbocycles. The van der Waals surface area contributed by atoms with Crippen molar-refractivity contribution >= 4 is 11.4 Å². The number of nitrogens with zero attached hydrogens (tertiary/aromatic N) is 4. The number of aromatic nitrogens is 2. The van der Waals surface area contributed by atoms with Crippen LogP contribution in [0.25, 0.3) is 11.3 Å². The average molecular weight is 419 g/mol. The standard InChI is InChI=1S/C25H30N4O2/c1-4-31-22-10-7-20(8-11-22)25-23(12-13-24(27-25)30-3)29-15-5-14-28(16-17-29)21-9-6-19(2)26-18-21/h6-13,18H,4-5,14-17H2,1-3H3. The fourth-order valence-corrected chi connectivity index (χ4v) is 3.95. The molecule has 6 nitrogen and oxygen atoms in total. The number of hydrogen-bond donors (Lipinski definition) is 0. The number of aryl methyl sites for hydroxylation is 1. The summed E-state index contributed by atoms with van der Waals surface area (Å²) in [6, 6.07) is 16.4. The van der Waals surface area contributed by atoms with Crippen LogP contribution < -0.4 is 19.3 Å². The minimum atomic E-state index is 0.620. The highest BCUT2D eigenvalue weighted by Crippen LogP contribution is 2.33. The number of anilines is 2. The van der Waals surface area contributed by atoms with Gasteiger partial charge in [-0.2, -0.15) is 0 Å². The summed E-state index contributed by atoms with van der Waals surface area (Å²) in [6.45, 7) is 8.53. The normalized spacial score (nSPS) is 14.3. The maximum absolute atomic E-state index is 5.60. The molecule has 0 atom stereocenters. The largest absolute Gasteiger partial charge is 0.494 e. The van der Waals surface area contributed by atoms with Gasteiger partial charge in [0.1, 0.15) is 5.75 Å². The molecule has 3 aromatic rings. The van der Waals surface area contributed by atoms with Crippen LogP contribution in [0.15, 0.2) is 54.7 Å². The maximum Gasteiger partial charge on any atom is 0.213 e. The summed E-state index contributed by atoms with van der Waals surface area (Å²) in [5, 5.41) is 0. The zero-order valence-corrected chi connectivity index (χ0v) is 18.5. The van der Waals surface area contributed by atoms with Crippen molar-refractivity contribution in [2.24, 2.45) is 0 Å².